The maximum atomic E-state index is 11.7. The first kappa shape index (κ1) is 17.1. The van der Waals surface area contributed by atoms with Gasteiger partial charge in [-0.1, -0.05) is 13.0 Å². The molecule has 0 aromatic heterocycles. The highest BCUT2D eigenvalue weighted by Crippen LogP contribution is 2.39. The third kappa shape index (κ3) is 4.26. The second-order valence-corrected chi connectivity index (χ2v) is 4.67. The van der Waals surface area contributed by atoms with Gasteiger partial charge >= 0.3 is 0 Å². The number of ether oxygens (including phenoxy) is 3. The lowest BCUT2D eigenvalue weighted by Gasteiger charge is -2.16. The van der Waals surface area contributed by atoms with Crippen LogP contribution in [0.2, 0.25) is 0 Å². The molecular weight excluding hydrogens is 272 g/mol. The molecule has 0 radical (unpaired) electrons. The molecule has 1 amide bonds. The van der Waals surface area contributed by atoms with E-state index in [4.69, 9.17) is 19.9 Å². The monoisotopic (exact) mass is 296 g/mol. The Morgan fingerprint density at radius 1 is 1.19 bits per heavy atom. The molecule has 0 saturated carbocycles. The number of benzene rings is 1. The lowest BCUT2D eigenvalue weighted by atomic mass is 10.1. The molecule has 21 heavy (non-hydrogen) atoms. The number of nitrogens with one attached hydrogen (secondary N) is 1. The molecule has 1 aromatic carbocycles. The fourth-order valence-corrected chi connectivity index (χ4v) is 1.96. The molecule has 6 nitrogen and oxygen atoms in total. The quantitative estimate of drug-likeness (QED) is 0.747. The van der Waals surface area contributed by atoms with Gasteiger partial charge < -0.3 is 25.3 Å². The Morgan fingerprint density at radius 3 is 2.38 bits per heavy atom. The van der Waals surface area contributed by atoms with Crippen molar-refractivity contribution in [2.75, 3.05) is 34.4 Å². The van der Waals surface area contributed by atoms with E-state index < -0.39 is 0 Å². The molecule has 0 bridgehead atoms. The van der Waals surface area contributed by atoms with Crippen LogP contribution in [-0.2, 0) is 11.2 Å². The lowest BCUT2D eigenvalue weighted by molar-refractivity contribution is -0.124. The average Bonchev–Trinajstić information content (AvgIpc) is 2.52. The third-order valence-electron chi connectivity index (χ3n) is 3.28. The van der Waals surface area contributed by atoms with E-state index >= 15 is 0 Å². The summed E-state index contributed by atoms with van der Waals surface area (Å²) in [4.78, 5) is 11.7. The summed E-state index contributed by atoms with van der Waals surface area (Å²) in [5.74, 6) is 1.56. The Morgan fingerprint density at radius 2 is 1.86 bits per heavy atom. The van der Waals surface area contributed by atoms with Crippen LogP contribution in [0.1, 0.15) is 12.5 Å². The molecule has 118 valence electrons. The summed E-state index contributed by atoms with van der Waals surface area (Å²) < 4.78 is 16.0. The summed E-state index contributed by atoms with van der Waals surface area (Å²) in [5.41, 5.74) is 6.40. The van der Waals surface area contributed by atoms with Gasteiger partial charge in [0.1, 0.15) is 0 Å². The number of hydrogen-bond donors (Lipinski definition) is 2. The maximum absolute atomic E-state index is 11.7. The van der Waals surface area contributed by atoms with Crippen LogP contribution in [0, 0.1) is 5.92 Å². The van der Waals surface area contributed by atoms with E-state index in [1.807, 2.05) is 12.1 Å². The summed E-state index contributed by atoms with van der Waals surface area (Å²) in [7, 11) is 4.72. The van der Waals surface area contributed by atoms with Gasteiger partial charge in [-0.15, -0.1) is 0 Å². The number of carbonyl (C=O) groups is 1. The summed E-state index contributed by atoms with van der Waals surface area (Å²) in [6.45, 7) is 2.65. The first-order chi connectivity index (χ1) is 10.1. The van der Waals surface area contributed by atoms with Crippen molar-refractivity contribution in [3.8, 4) is 17.2 Å². The molecule has 0 heterocycles. The smallest absolute Gasteiger partial charge is 0.224 e. The van der Waals surface area contributed by atoms with Crippen LogP contribution in [-0.4, -0.2) is 40.3 Å². The van der Waals surface area contributed by atoms with Crippen LogP contribution in [0.25, 0.3) is 0 Å². The molecule has 3 N–H and O–H groups in total. The second-order valence-electron chi connectivity index (χ2n) is 4.67. The minimum atomic E-state index is -0.183. The van der Waals surface area contributed by atoms with Gasteiger partial charge in [-0.25, -0.2) is 0 Å². The van der Waals surface area contributed by atoms with Gasteiger partial charge in [0.25, 0.3) is 0 Å². The fourth-order valence-electron chi connectivity index (χ4n) is 1.96. The molecule has 0 aliphatic rings. The molecule has 0 fully saturated rings. The van der Waals surface area contributed by atoms with Crippen LogP contribution < -0.4 is 25.3 Å². The summed E-state index contributed by atoms with van der Waals surface area (Å²) in [6, 6.07) is 3.72. The number of carbonyl (C=O) groups excluding carboxylic acids is 1. The number of hydrogen-bond acceptors (Lipinski definition) is 5. The maximum Gasteiger partial charge on any atom is 0.224 e. The average molecular weight is 296 g/mol. The van der Waals surface area contributed by atoms with Crippen LogP contribution >= 0.6 is 0 Å². The Bertz CT molecular complexity index is 477. The van der Waals surface area contributed by atoms with Gasteiger partial charge in [0, 0.05) is 24.6 Å². The van der Waals surface area contributed by atoms with Crippen molar-refractivity contribution in [1.29, 1.82) is 0 Å². The molecule has 0 spiro atoms. The molecule has 1 atom stereocenters. The lowest BCUT2D eigenvalue weighted by Crippen LogP contribution is -2.34. The Kier molecular flexibility index (Phi) is 6.81. The van der Waals surface area contributed by atoms with Crippen molar-refractivity contribution < 1.29 is 19.0 Å². The second kappa shape index (κ2) is 8.36. The van der Waals surface area contributed by atoms with Gasteiger partial charge in [0.05, 0.1) is 21.3 Å². The Labute approximate surface area is 125 Å². The van der Waals surface area contributed by atoms with E-state index in [0.717, 1.165) is 5.56 Å². The topological polar surface area (TPSA) is 82.8 Å². The normalized spacial score (nSPS) is 11.7. The van der Waals surface area contributed by atoms with Crippen molar-refractivity contribution in [3.63, 3.8) is 0 Å². The van der Waals surface area contributed by atoms with E-state index in [2.05, 4.69) is 5.32 Å². The van der Waals surface area contributed by atoms with Gasteiger partial charge in [-0.2, -0.15) is 0 Å². The van der Waals surface area contributed by atoms with E-state index in [9.17, 15) is 4.79 Å². The number of rotatable bonds is 8. The van der Waals surface area contributed by atoms with Crippen molar-refractivity contribution in [1.82, 2.24) is 5.32 Å². The molecule has 1 aromatic rings. The Balaban J connectivity index is 2.78. The molecule has 0 saturated heterocycles. The number of methoxy groups -OCH3 is 3. The molecular formula is C15H24N2O4. The molecule has 0 aliphatic heterocycles. The molecule has 1 rings (SSSR count). The molecule has 1 unspecified atom stereocenters. The molecule has 0 aliphatic carbocycles. The number of nitrogens with two attached hydrogens (primary N) is 1. The van der Waals surface area contributed by atoms with Gasteiger partial charge in [0.15, 0.2) is 11.5 Å². The van der Waals surface area contributed by atoms with Crippen molar-refractivity contribution >= 4 is 5.91 Å². The minimum Gasteiger partial charge on any atom is -0.493 e. The van der Waals surface area contributed by atoms with Crippen LogP contribution in [0.4, 0.5) is 0 Å². The minimum absolute atomic E-state index is 0.0445. The van der Waals surface area contributed by atoms with E-state index in [1.54, 1.807) is 28.3 Å². The summed E-state index contributed by atoms with van der Waals surface area (Å²) in [6.07, 6.45) is 0.632. The van der Waals surface area contributed by atoms with Crippen LogP contribution in [0.3, 0.4) is 0 Å². The predicted octanol–water partition coefficient (Wildman–Crippen LogP) is 0.966. The largest absolute Gasteiger partial charge is 0.493 e. The highest BCUT2D eigenvalue weighted by molar-refractivity contribution is 5.78. The standard InChI is InChI=1S/C15H24N2O4/c1-10(9-16)15(18)17-8-7-11-5-6-12(19-2)14(21-4)13(11)20-3/h5-6,10H,7-9,16H2,1-4H3,(H,17,18). The SMILES string of the molecule is COc1ccc(CCNC(=O)C(C)CN)c(OC)c1OC. The summed E-state index contributed by atoms with van der Waals surface area (Å²) in [5, 5.41) is 2.85. The van der Waals surface area contributed by atoms with Crippen LogP contribution in [0.5, 0.6) is 17.2 Å². The fraction of sp³-hybridized carbons (Fsp3) is 0.533. The zero-order valence-electron chi connectivity index (χ0n) is 13.1. The zero-order valence-corrected chi connectivity index (χ0v) is 13.1. The highest BCUT2D eigenvalue weighted by atomic mass is 16.5. The summed E-state index contributed by atoms with van der Waals surface area (Å²) >= 11 is 0. The van der Waals surface area contributed by atoms with E-state index in [1.165, 1.54) is 0 Å². The van der Waals surface area contributed by atoms with E-state index in [-0.39, 0.29) is 11.8 Å². The van der Waals surface area contributed by atoms with Gasteiger partial charge in [-0.05, 0) is 12.5 Å². The molecule has 6 heteroatoms. The number of amides is 1. The van der Waals surface area contributed by atoms with E-state index in [0.29, 0.717) is 36.8 Å². The van der Waals surface area contributed by atoms with Crippen molar-refractivity contribution in [2.45, 2.75) is 13.3 Å². The zero-order chi connectivity index (χ0) is 15.8. The third-order valence-corrected chi connectivity index (χ3v) is 3.28. The predicted molar refractivity (Wildman–Crippen MR) is 81.0 cm³/mol. The van der Waals surface area contributed by atoms with Crippen LogP contribution in [0.15, 0.2) is 12.1 Å². The first-order valence-electron chi connectivity index (χ1n) is 6.84. The van der Waals surface area contributed by atoms with Crippen molar-refractivity contribution in [3.05, 3.63) is 17.7 Å². The van der Waals surface area contributed by atoms with Gasteiger partial charge in [0.2, 0.25) is 11.7 Å². The van der Waals surface area contributed by atoms with Crippen molar-refractivity contribution in [2.24, 2.45) is 11.7 Å². The highest BCUT2D eigenvalue weighted by Gasteiger charge is 2.16. The first-order valence-corrected chi connectivity index (χ1v) is 6.84. The Hall–Kier alpha value is -1.95. The van der Waals surface area contributed by atoms with Gasteiger partial charge in [-0.3, -0.25) is 4.79 Å².